The molecule has 126 valence electrons. The number of rotatable bonds is 4. The fraction of sp³-hybridized carbons (Fsp3) is 0. The highest BCUT2D eigenvalue weighted by Crippen LogP contribution is 2.21. The van der Waals surface area contributed by atoms with Crippen LogP contribution < -0.4 is 10.6 Å². The predicted molar refractivity (Wildman–Crippen MR) is 99.3 cm³/mol. The SMILES string of the molecule is O=C(Nc1nnc(C=Cc2ccccc2Cl)s1)Nc1ccccc1F. The van der Waals surface area contributed by atoms with Crippen LogP contribution in [0.4, 0.5) is 20.0 Å². The molecule has 25 heavy (non-hydrogen) atoms. The van der Waals surface area contributed by atoms with Gasteiger partial charge in [-0.3, -0.25) is 5.32 Å². The number of carbonyl (C=O) groups excluding carboxylic acids is 1. The molecule has 0 bridgehead atoms. The number of nitrogens with zero attached hydrogens (tertiary/aromatic N) is 2. The van der Waals surface area contributed by atoms with E-state index in [9.17, 15) is 9.18 Å². The van der Waals surface area contributed by atoms with E-state index in [1.807, 2.05) is 24.3 Å². The van der Waals surface area contributed by atoms with Crippen molar-refractivity contribution in [1.29, 1.82) is 0 Å². The second-order valence-electron chi connectivity index (χ2n) is 4.86. The standard InChI is InChI=1S/C17H12ClFN4OS/c18-12-6-2-1-5-11(12)9-10-15-22-23-17(25-15)21-16(24)20-14-8-4-3-7-13(14)19/h1-10H,(H2,20,21,23,24). The van der Waals surface area contributed by atoms with Crippen molar-refractivity contribution in [3.63, 3.8) is 0 Å². The van der Waals surface area contributed by atoms with Crippen LogP contribution in [0.1, 0.15) is 10.6 Å². The van der Waals surface area contributed by atoms with Crippen molar-refractivity contribution in [2.45, 2.75) is 0 Å². The molecule has 0 radical (unpaired) electrons. The Hall–Kier alpha value is -2.77. The Morgan fingerprint density at radius 2 is 1.80 bits per heavy atom. The summed E-state index contributed by atoms with van der Waals surface area (Å²) >= 11 is 7.26. The first kappa shape index (κ1) is 17.1. The van der Waals surface area contributed by atoms with E-state index in [1.165, 1.54) is 23.5 Å². The number of carbonyl (C=O) groups is 1. The molecule has 8 heteroatoms. The van der Waals surface area contributed by atoms with E-state index in [2.05, 4.69) is 20.8 Å². The van der Waals surface area contributed by atoms with Crippen LogP contribution in [0.2, 0.25) is 5.02 Å². The van der Waals surface area contributed by atoms with Gasteiger partial charge in [0.1, 0.15) is 10.8 Å². The van der Waals surface area contributed by atoms with Crippen molar-refractivity contribution in [2.75, 3.05) is 10.6 Å². The fourth-order valence-electron chi connectivity index (χ4n) is 1.94. The Kier molecular flexibility index (Phi) is 5.37. The number of amides is 2. The van der Waals surface area contributed by atoms with Gasteiger partial charge in [-0.15, -0.1) is 10.2 Å². The van der Waals surface area contributed by atoms with Gasteiger partial charge in [-0.05, 0) is 29.8 Å². The van der Waals surface area contributed by atoms with Crippen LogP contribution in [0, 0.1) is 5.82 Å². The molecule has 0 saturated heterocycles. The van der Waals surface area contributed by atoms with Crippen molar-refractivity contribution in [3.05, 3.63) is 69.9 Å². The number of para-hydroxylation sites is 1. The number of halogens is 2. The molecule has 0 aliphatic carbocycles. The molecular formula is C17H12ClFN4OS. The predicted octanol–water partition coefficient (Wildman–Crippen LogP) is 5.15. The summed E-state index contributed by atoms with van der Waals surface area (Å²) in [4.78, 5) is 11.9. The molecule has 3 aromatic rings. The Morgan fingerprint density at radius 1 is 1.04 bits per heavy atom. The van der Waals surface area contributed by atoms with Crippen LogP contribution in [-0.2, 0) is 0 Å². The zero-order chi connectivity index (χ0) is 17.6. The molecule has 0 saturated carbocycles. The number of nitrogens with one attached hydrogen (secondary N) is 2. The average molecular weight is 375 g/mol. The molecule has 0 atom stereocenters. The summed E-state index contributed by atoms with van der Waals surface area (Å²) in [6.45, 7) is 0. The lowest BCUT2D eigenvalue weighted by molar-refractivity contribution is 0.262. The van der Waals surface area contributed by atoms with Crippen molar-refractivity contribution >= 4 is 51.9 Å². The summed E-state index contributed by atoms with van der Waals surface area (Å²) in [6.07, 6.45) is 3.56. The van der Waals surface area contributed by atoms with Gasteiger partial charge in [0.2, 0.25) is 5.13 Å². The van der Waals surface area contributed by atoms with E-state index in [-0.39, 0.29) is 5.69 Å². The topological polar surface area (TPSA) is 66.9 Å². The van der Waals surface area contributed by atoms with Crippen LogP contribution in [0.5, 0.6) is 0 Å². The summed E-state index contributed by atoms with van der Waals surface area (Å²) < 4.78 is 13.5. The van der Waals surface area contributed by atoms with Crippen LogP contribution in [0.3, 0.4) is 0 Å². The number of anilines is 2. The first-order chi connectivity index (χ1) is 12.1. The maximum absolute atomic E-state index is 13.5. The lowest BCUT2D eigenvalue weighted by Crippen LogP contribution is -2.19. The van der Waals surface area contributed by atoms with E-state index in [4.69, 9.17) is 11.6 Å². The van der Waals surface area contributed by atoms with E-state index in [0.717, 1.165) is 5.56 Å². The molecule has 0 aliphatic rings. The van der Waals surface area contributed by atoms with Gasteiger partial charge in [-0.25, -0.2) is 9.18 Å². The molecule has 2 aromatic carbocycles. The lowest BCUT2D eigenvalue weighted by Gasteiger charge is -2.05. The zero-order valence-corrected chi connectivity index (χ0v) is 14.3. The van der Waals surface area contributed by atoms with Gasteiger partial charge in [0.05, 0.1) is 5.69 Å². The van der Waals surface area contributed by atoms with Gasteiger partial charge in [0.15, 0.2) is 0 Å². The Bertz CT molecular complexity index is 928. The van der Waals surface area contributed by atoms with Crippen molar-refractivity contribution in [1.82, 2.24) is 10.2 Å². The number of benzene rings is 2. The molecule has 0 fully saturated rings. The van der Waals surface area contributed by atoms with Crippen LogP contribution in [0.15, 0.2) is 48.5 Å². The highest BCUT2D eigenvalue weighted by Gasteiger charge is 2.09. The molecule has 3 rings (SSSR count). The smallest absolute Gasteiger partial charge is 0.305 e. The summed E-state index contributed by atoms with van der Waals surface area (Å²) in [5.74, 6) is -0.515. The number of aromatic nitrogens is 2. The second-order valence-corrected chi connectivity index (χ2v) is 6.28. The van der Waals surface area contributed by atoms with Crippen LogP contribution in [-0.4, -0.2) is 16.2 Å². The Morgan fingerprint density at radius 3 is 2.60 bits per heavy atom. The molecule has 0 aliphatic heterocycles. The molecule has 0 spiro atoms. The quantitative estimate of drug-likeness (QED) is 0.664. The number of hydrogen-bond acceptors (Lipinski definition) is 4. The minimum absolute atomic E-state index is 0.0864. The monoisotopic (exact) mass is 374 g/mol. The second kappa shape index (κ2) is 7.87. The minimum Gasteiger partial charge on any atom is -0.305 e. The summed E-state index contributed by atoms with van der Waals surface area (Å²) in [6, 6.07) is 12.7. The van der Waals surface area contributed by atoms with Gasteiger partial charge in [-0.1, -0.05) is 59.3 Å². The molecule has 0 unspecified atom stereocenters. The maximum Gasteiger partial charge on any atom is 0.325 e. The highest BCUT2D eigenvalue weighted by molar-refractivity contribution is 7.16. The zero-order valence-electron chi connectivity index (χ0n) is 12.7. The van der Waals surface area contributed by atoms with Crippen LogP contribution >= 0.6 is 22.9 Å². The molecule has 1 heterocycles. The maximum atomic E-state index is 13.5. The first-order valence-electron chi connectivity index (χ1n) is 7.20. The summed E-state index contributed by atoms with van der Waals surface area (Å²) in [5, 5.41) is 14.3. The van der Waals surface area contributed by atoms with E-state index in [0.29, 0.717) is 15.2 Å². The highest BCUT2D eigenvalue weighted by atomic mass is 35.5. The van der Waals surface area contributed by atoms with Crippen molar-refractivity contribution in [3.8, 4) is 0 Å². The summed E-state index contributed by atoms with van der Waals surface area (Å²) in [7, 11) is 0. The van der Waals surface area contributed by atoms with E-state index in [1.54, 1.807) is 24.3 Å². The van der Waals surface area contributed by atoms with Crippen molar-refractivity contribution in [2.24, 2.45) is 0 Å². The van der Waals surface area contributed by atoms with Gasteiger partial charge < -0.3 is 5.32 Å². The molecule has 1 aromatic heterocycles. The van der Waals surface area contributed by atoms with Gasteiger partial charge in [0, 0.05) is 5.02 Å². The normalized spacial score (nSPS) is 10.8. The minimum atomic E-state index is -0.595. The molecule has 5 nitrogen and oxygen atoms in total. The van der Waals surface area contributed by atoms with Crippen LogP contribution in [0.25, 0.3) is 12.2 Å². The molecular weight excluding hydrogens is 363 g/mol. The third-order valence-electron chi connectivity index (χ3n) is 3.09. The summed E-state index contributed by atoms with van der Waals surface area (Å²) in [5.41, 5.74) is 0.939. The third kappa shape index (κ3) is 4.62. The largest absolute Gasteiger partial charge is 0.325 e. The third-order valence-corrected chi connectivity index (χ3v) is 4.24. The molecule has 2 N–H and O–H groups in total. The van der Waals surface area contributed by atoms with Gasteiger partial charge in [0.25, 0.3) is 0 Å². The van der Waals surface area contributed by atoms with Crippen molar-refractivity contribution < 1.29 is 9.18 Å². The van der Waals surface area contributed by atoms with E-state index >= 15 is 0 Å². The average Bonchev–Trinajstić information content (AvgIpc) is 3.03. The Labute approximate surface area is 152 Å². The first-order valence-corrected chi connectivity index (χ1v) is 8.40. The van der Waals surface area contributed by atoms with Gasteiger partial charge >= 0.3 is 6.03 Å². The Balaban J connectivity index is 1.63. The van der Waals surface area contributed by atoms with Gasteiger partial charge in [-0.2, -0.15) is 0 Å². The lowest BCUT2D eigenvalue weighted by atomic mass is 10.2. The number of urea groups is 1. The number of hydrogen-bond donors (Lipinski definition) is 2. The van der Waals surface area contributed by atoms with E-state index < -0.39 is 11.8 Å². The molecule has 2 amide bonds. The fourth-order valence-corrected chi connectivity index (χ4v) is 2.78.